The van der Waals surface area contributed by atoms with Crippen molar-refractivity contribution in [2.24, 2.45) is 0 Å². The molecule has 2 heterocycles. The largest absolute Gasteiger partial charge is 0.457 e. The lowest BCUT2D eigenvalue weighted by Gasteiger charge is -2.36. The van der Waals surface area contributed by atoms with Crippen LogP contribution in [0.5, 0.6) is 0 Å². The molecule has 1 aromatic rings. The number of carbonyl (C=O) groups excluding carboxylic acids is 4. The monoisotopic (exact) mass is 460 g/mol. The molecule has 1 aromatic carbocycles. The molecule has 3 rings (SSSR count). The molecule has 0 radical (unpaired) electrons. The zero-order valence-corrected chi connectivity index (χ0v) is 19.9. The first kappa shape index (κ1) is 24.7. The molecule has 0 spiro atoms. The average Bonchev–Trinajstić information content (AvgIpc) is 3.25. The molecular weight excluding hydrogens is 428 g/mol. The Morgan fingerprint density at radius 3 is 2.36 bits per heavy atom. The number of anilines is 1. The van der Waals surface area contributed by atoms with E-state index >= 15 is 0 Å². The fraction of sp³-hybridized carbons (Fsp3) is 0.583. The minimum atomic E-state index is -1.53. The van der Waals surface area contributed by atoms with Gasteiger partial charge in [-0.2, -0.15) is 0 Å². The number of ether oxygens (including phenoxy) is 3. The number of carbonyl (C=O) groups is 4. The van der Waals surface area contributed by atoms with Crippen LogP contribution in [0.25, 0.3) is 0 Å². The van der Waals surface area contributed by atoms with Gasteiger partial charge >= 0.3 is 11.9 Å². The Morgan fingerprint density at radius 1 is 1.09 bits per heavy atom. The van der Waals surface area contributed by atoms with Crippen LogP contribution in [0.15, 0.2) is 18.2 Å². The number of likely N-dealkylation sites (tertiary alicyclic amines) is 1. The van der Waals surface area contributed by atoms with Gasteiger partial charge in [0.25, 0.3) is 11.8 Å². The Labute approximate surface area is 193 Å². The molecule has 2 saturated heterocycles. The lowest BCUT2D eigenvalue weighted by molar-refractivity contribution is -0.188. The molecule has 9 nitrogen and oxygen atoms in total. The standard InChI is InChI=1S/C24H32N2O7/c1-15-12-17(21(28)25-8-6-7-9-25)14-18(13-15)26-10-11-31-19(22(26)29)20(32-16(2)27)23(30)33-24(3,4)5/h12-14,19-20H,6-11H2,1-5H3. The van der Waals surface area contributed by atoms with E-state index in [0.29, 0.717) is 11.3 Å². The van der Waals surface area contributed by atoms with Crippen LogP contribution in [0, 0.1) is 6.92 Å². The van der Waals surface area contributed by atoms with Crippen LogP contribution in [0.2, 0.25) is 0 Å². The summed E-state index contributed by atoms with van der Waals surface area (Å²) in [5, 5.41) is 0. The molecule has 0 bridgehead atoms. The van der Waals surface area contributed by atoms with Crippen molar-refractivity contribution in [1.82, 2.24) is 4.90 Å². The summed E-state index contributed by atoms with van der Waals surface area (Å²) in [5.41, 5.74) is 1.02. The fourth-order valence-corrected chi connectivity index (χ4v) is 4.00. The lowest BCUT2D eigenvalue weighted by Crippen LogP contribution is -2.56. The molecule has 33 heavy (non-hydrogen) atoms. The molecule has 2 amide bonds. The van der Waals surface area contributed by atoms with Gasteiger partial charge in [0.05, 0.1) is 6.61 Å². The van der Waals surface area contributed by atoms with Gasteiger partial charge in [0, 0.05) is 37.8 Å². The van der Waals surface area contributed by atoms with Crippen LogP contribution in [-0.2, 0) is 28.6 Å². The first-order valence-corrected chi connectivity index (χ1v) is 11.2. The van der Waals surface area contributed by atoms with Crippen molar-refractivity contribution >= 4 is 29.4 Å². The first-order chi connectivity index (χ1) is 15.5. The average molecular weight is 461 g/mol. The highest BCUT2D eigenvalue weighted by Crippen LogP contribution is 2.26. The summed E-state index contributed by atoms with van der Waals surface area (Å²) in [6.45, 7) is 9.85. The number of esters is 2. The van der Waals surface area contributed by atoms with E-state index in [9.17, 15) is 19.2 Å². The SMILES string of the molecule is CC(=O)OC(C(=O)OC(C)(C)C)C1OCCN(c2cc(C)cc(C(=O)N3CCCC3)c2)C1=O. The van der Waals surface area contributed by atoms with Crippen molar-refractivity contribution in [1.29, 1.82) is 0 Å². The van der Waals surface area contributed by atoms with Crippen molar-refractivity contribution in [2.45, 2.75) is 65.3 Å². The molecular formula is C24H32N2O7. The van der Waals surface area contributed by atoms with Crippen LogP contribution in [-0.4, -0.2) is 72.7 Å². The van der Waals surface area contributed by atoms with Gasteiger partial charge in [0.15, 0.2) is 6.10 Å². The van der Waals surface area contributed by atoms with E-state index < -0.39 is 35.7 Å². The molecule has 0 aromatic heterocycles. The minimum Gasteiger partial charge on any atom is -0.457 e. The predicted molar refractivity (Wildman–Crippen MR) is 120 cm³/mol. The molecule has 0 N–H and O–H groups in total. The summed E-state index contributed by atoms with van der Waals surface area (Å²) in [6, 6.07) is 5.28. The number of rotatable bonds is 5. The van der Waals surface area contributed by atoms with Crippen molar-refractivity contribution in [2.75, 3.05) is 31.1 Å². The van der Waals surface area contributed by atoms with E-state index in [1.165, 1.54) is 4.90 Å². The van der Waals surface area contributed by atoms with E-state index in [4.69, 9.17) is 14.2 Å². The van der Waals surface area contributed by atoms with E-state index in [2.05, 4.69) is 0 Å². The van der Waals surface area contributed by atoms with Crippen molar-refractivity contribution in [3.8, 4) is 0 Å². The molecule has 9 heteroatoms. The molecule has 2 unspecified atom stereocenters. The van der Waals surface area contributed by atoms with Gasteiger partial charge in [0.2, 0.25) is 6.10 Å². The number of hydrogen-bond acceptors (Lipinski definition) is 7. The number of amides is 2. The Hall–Kier alpha value is -2.94. The van der Waals surface area contributed by atoms with Crippen LogP contribution in [0.3, 0.4) is 0 Å². The maximum absolute atomic E-state index is 13.4. The zero-order chi connectivity index (χ0) is 24.3. The molecule has 0 saturated carbocycles. The van der Waals surface area contributed by atoms with Gasteiger partial charge in [-0.15, -0.1) is 0 Å². The highest BCUT2D eigenvalue weighted by atomic mass is 16.6. The lowest BCUT2D eigenvalue weighted by atomic mass is 10.1. The van der Waals surface area contributed by atoms with Gasteiger partial charge in [-0.05, 0) is 64.3 Å². The summed E-state index contributed by atoms with van der Waals surface area (Å²) in [6.07, 6.45) is -0.921. The van der Waals surface area contributed by atoms with Gasteiger partial charge in [0.1, 0.15) is 5.60 Å². The van der Waals surface area contributed by atoms with Crippen molar-refractivity contribution < 1.29 is 33.4 Å². The Bertz CT molecular complexity index is 931. The second-order valence-corrected chi connectivity index (χ2v) is 9.40. The van der Waals surface area contributed by atoms with E-state index in [1.807, 2.05) is 11.8 Å². The Kier molecular flexibility index (Phi) is 7.41. The topological polar surface area (TPSA) is 102 Å². The molecule has 2 aliphatic heterocycles. The van der Waals surface area contributed by atoms with E-state index in [-0.39, 0.29) is 19.1 Å². The fourth-order valence-electron chi connectivity index (χ4n) is 4.00. The number of hydrogen-bond donors (Lipinski definition) is 0. The van der Waals surface area contributed by atoms with Crippen molar-refractivity contribution in [3.63, 3.8) is 0 Å². The van der Waals surface area contributed by atoms with E-state index in [0.717, 1.165) is 38.4 Å². The summed E-state index contributed by atoms with van der Waals surface area (Å²) < 4.78 is 16.1. The predicted octanol–water partition coefficient (Wildman–Crippen LogP) is 2.24. The molecule has 180 valence electrons. The highest BCUT2D eigenvalue weighted by molar-refractivity contribution is 6.02. The second-order valence-electron chi connectivity index (χ2n) is 9.40. The summed E-state index contributed by atoms with van der Waals surface area (Å²) in [7, 11) is 0. The van der Waals surface area contributed by atoms with Gasteiger partial charge in [-0.25, -0.2) is 4.79 Å². The normalized spacial score (nSPS) is 19.9. The first-order valence-electron chi connectivity index (χ1n) is 11.2. The maximum Gasteiger partial charge on any atom is 0.351 e. The molecule has 2 fully saturated rings. The summed E-state index contributed by atoms with van der Waals surface area (Å²) >= 11 is 0. The highest BCUT2D eigenvalue weighted by Gasteiger charge is 2.44. The zero-order valence-electron chi connectivity index (χ0n) is 19.9. The third-order valence-electron chi connectivity index (χ3n) is 5.34. The van der Waals surface area contributed by atoms with Crippen molar-refractivity contribution in [3.05, 3.63) is 29.3 Å². The second kappa shape index (κ2) is 9.91. The number of aryl methyl sites for hydroxylation is 1. The summed E-state index contributed by atoms with van der Waals surface area (Å²) in [5.74, 6) is -2.19. The number of benzene rings is 1. The molecule has 2 atom stereocenters. The van der Waals surface area contributed by atoms with E-state index in [1.54, 1.807) is 39.0 Å². The van der Waals surface area contributed by atoms with Crippen LogP contribution >= 0.6 is 0 Å². The van der Waals surface area contributed by atoms with Gasteiger partial charge in [-0.1, -0.05) is 0 Å². The van der Waals surface area contributed by atoms with Crippen LogP contribution < -0.4 is 4.90 Å². The van der Waals surface area contributed by atoms with Gasteiger partial charge < -0.3 is 24.0 Å². The quantitative estimate of drug-likeness (QED) is 0.621. The van der Waals surface area contributed by atoms with Gasteiger partial charge in [-0.3, -0.25) is 14.4 Å². The molecule has 2 aliphatic rings. The number of morpholine rings is 1. The number of nitrogens with zero attached hydrogens (tertiary/aromatic N) is 2. The third kappa shape index (κ3) is 6.10. The Morgan fingerprint density at radius 2 is 1.76 bits per heavy atom. The molecule has 0 aliphatic carbocycles. The van der Waals surface area contributed by atoms with Crippen LogP contribution in [0.4, 0.5) is 5.69 Å². The Balaban J connectivity index is 1.87. The summed E-state index contributed by atoms with van der Waals surface area (Å²) in [4.78, 5) is 53.9. The maximum atomic E-state index is 13.4. The smallest absolute Gasteiger partial charge is 0.351 e. The van der Waals surface area contributed by atoms with Crippen LogP contribution in [0.1, 0.15) is 56.5 Å². The third-order valence-corrected chi connectivity index (χ3v) is 5.34. The minimum absolute atomic E-state index is 0.0683.